The summed E-state index contributed by atoms with van der Waals surface area (Å²) in [5, 5.41) is 2.73. The monoisotopic (exact) mass is 595 g/mol. The molecule has 0 saturated heterocycles. The molecule has 0 aliphatic heterocycles. The van der Waals surface area contributed by atoms with E-state index in [1.807, 2.05) is 4.90 Å². The highest BCUT2D eigenvalue weighted by atomic mass is 16.2. The number of rotatable bonds is 34. The van der Waals surface area contributed by atoms with E-state index in [0.717, 1.165) is 39.0 Å². The largest absolute Gasteiger partial charge is 0.357 e. The van der Waals surface area contributed by atoms with Gasteiger partial charge in [0.15, 0.2) is 0 Å². The first kappa shape index (κ1) is 40.9. The number of nitrogens with zero attached hydrogens (tertiary/aromatic N) is 3. The first-order chi connectivity index (χ1) is 20.6. The van der Waals surface area contributed by atoms with Gasteiger partial charge < -0.3 is 15.1 Å². The maximum absolute atomic E-state index is 13.4. The smallest absolute Gasteiger partial charge is 0.236 e. The molecule has 0 fully saturated rings. The van der Waals surface area contributed by atoms with Gasteiger partial charge in [0.2, 0.25) is 12.3 Å². The summed E-state index contributed by atoms with van der Waals surface area (Å²) in [5.41, 5.74) is 0. The van der Waals surface area contributed by atoms with Gasteiger partial charge in [-0.1, -0.05) is 137 Å². The molecular formula is C36H74N4O2. The second-order valence-electron chi connectivity index (χ2n) is 12.6. The zero-order chi connectivity index (χ0) is 30.9. The second kappa shape index (κ2) is 32.8. The highest BCUT2D eigenvalue weighted by Crippen LogP contribution is 2.11. The number of hydrogen-bond donors (Lipinski definition) is 1. The van der Waals surface area contributed by atoms with Gasteiger partial charge in [-0.15, -0.1) is 0 Å². The molecule has 0 aliphatic carbocycles. The summed E-state index contributed by atoms with van der Waals surface area (Å²) in [5.74, 6) is 0.210. The summed E-state index contributed by atoms with van der Waals surface area (Å²) in [4.78, 5) is 31.2. The van der Waals surface area contributed by atoms with E-state index in [4.69, 9.17) is 0 Å². The fourth-order valence-electron chi connectivity index (χ4n) is 5.77. The Morgan fingerprint density at radius 1 is 0.476 bits per heavy atom. The van der Waals surface area contributed by atoms with Crippen molar-refractivity contribution in [2.45, 2.75) is 163 Å². The van der Waals surface area contributed by atoms with Crippen LogP contribution in [0.1, 0.15) is 163 Å². The minimum absolute atomic E-state index is 0.210. The molecule has 0 bridgehead atoms. The van der Waals surface area contributed by atoms with Gasteiger partial charge in [-0.2, -0.15) is 0 Å². The molecule has 1 N–H and O–H groups in total. The van der Waals surface area contributed by atoms with Gasteiger partial charge in [0.25, 0.3) is 0 Å². The lowest BCUT2D eigenvalue weighted by atomic mass is 10.1. The topological polar surface area (TPSA) is 55.9 Å². The van der Waals surface area contributed by atoms with E-state index in [0.29, 0.717) is 19.6 Å². The number of unbranched alkanes of at least 4 members (excludes halogenated alkanes) is 17. The minimum Gasteiger partial charge on any atom is -0.357 e. The van der Waals surface area contributed by atoms with Gasteiger partial charge in [-0.05, 0) is 45.3 Å². The molecule has 0 aliphatic rings. The van der Waals surface area contributed by atoms with Crippen molar-refractivity contribution < 1.29 is 9.59 Å². The van der Waals surface area contributed by atoms with Crippen LogP contribution in [0.4, 0.5) is 0 Å². The molecule has 0 saturated carbocycles. The Balaban J connectivity index is 5.03. The van der Waals surface area contributed by atoms with Crippen LogP contribution < -0.4 is 5.32 Å². The Labute approximate surface area is 263 Å². The van der Waals surface area contributed by atoms with Crippen LogP contribution in [0.25, 0.3) is 0 Å². The Morgan fingerprint density at radius 2 is 0.881 bits per heavy atom. The lowest BCUT2D eigenvalue weighted by molar-refractivity contribution is -0.132. The minimum atomic E-state index is 0.210. The molecule has 0 atom stereocenters. The number of amides is 2. The van der Waals surface area contributed by atoms with Crippen molar-refractivity contribution in [2.75, 3.05) is 58.9 Å². The zero-order valence-electron chi connectivity index (χ0n) is 28.9. The predicted molar refractivity (Wildman–Crippen MR) is 183 cm³/mol. The van der Waals surface area contributed by atoms with Crippen LogP contribution in [-0.2, 0) is 9.59 Å². The van der Waals surface area contributed by atoms with E-state index in [-0.39, 0.29) is 5.91 Å². The highest BCUT2D eigenvalue weighted by molar-refractivity contribution is 5.78. The van der Waals surface area contributed by atoms with Crippen LogP contribution in [0, 0.1) is 0 Å². The molecule has 42 heavy (non-hydrogen) atoms. The third kappa shape index (κ3) is 26.5. The Hall–Kier alpha value is -1.14. The predicted octanol–water partition coefficient (Wildman–Crippen LogP) is 8.44. The van der Waals surface area contributed by atoms with Crippen molar-refractivity contribution in [2.24, 2.45) is 0 Å². The summed E-state index contributed by atoms with van der Waals surface area (Å²) < 4.78 is 0. The fourth-order valence-corrected chi connectivity index (χ4v) is 5.77. The molecule has 0 radical (unpaired) electrons. The van der Waals surface area contributed by atoms with Gasteiger partial charge >= 0.3 is 0 Å². The van der Waals surface area contributed by atoms with Crippen LogP contribution in [0.15, 0.2) is 0 Å². The van der Waals surface area contributed by atoms with Gasteiger partial charge in [0.1, 0.15) is 0 Å². The first-order valence-electron chi connectivity index (χ1n) is 18.5. The van der Waals surface area contributed by atoms with Crippen LogP contribution >= 0.6 is 0 Å². The average Bonchev–Trinajstić information content (AvgIpc) is 2.99. The quantitative estimate of drug-likeness (QED) is 0.0600. The molecule has 0 aromatic carbocycles. The molecule has 250 valence electrons. The molecule has 0 spiro atoms. The third-order valence-corrected chi connectivity index (χ3v) is 8.53. The molecule has 0 rings (SSSR count). The summed E-state index contributed by atoms with van der Waals surface area (Å²) in [6.45, 7) is 16.8. The van der Waals surface area contributed by atoms with Gasteiger partial charge in [-0.3, -0.25) is 14.5 Å². The molecule has 2 amide bonds. The number of carbonyl (C=O) groups is 2. The van der Waals surface area contributed by atoms with E-state index in [2.05, 4.69) is 42.8 Å². The molecule has 0 unspecified atom stereocenters. The van der Waals surface area contributed by atoms with Crippen molar-refractivity contribution in [3.8, 4) is 0 Å². The summed E-state index contributed by atoms with van der Waals surface area (Å²) in [6, 6.07) is 0. The molecule has 0 heterocycles. The Morgan fingerprint density at radius 3 is 1.31 bits per heavy atom. The van der Waals surface area contributed by atoms with Gasteiger partial charge in [0.05, 0.1) is 6.54 Å². The lowest BCUT2D eigenvalue weighted by Gasteiger charge is -2.30. The van der Waals surface area contributed by atoms with Crippen molar-refractivity contribution >= 4 is 12.3 Å². The van der Waals surface area contributed by atoms with Crippen molar-refractivity contribution in [1.29, 1.82) is 0 Å². The van der Waals surface area contributed by atoms with Crippen LogP contribution in [0.5, 0.6) is 0 Å². The van der Waals surface area contributed by atoms with Crippen LogP contribution in [-0.4, -0.2) is 85.9 Å². The standard InChI is InChI=1S/C36H74N4O2/c1-5-9-12-15-18-21-24-29-38(28-23-20-17-14-11-7-3)32-33-39(30-25-22-19-16-13-10-6-2)34-36(42)40(27-8-4)31-26-37-35-41/h35H,5-34H2,1-4H3,(H,37,41). The van der Waals surface area contributed by atoms with E-state index in [9.17, 15) is 9.59 Å². The van der Waals surface area contributed by atoms with Crippen molar-refractivity contribution in [1.82, 2.24) is 20.0 Å². The van der Waals surface area contributed by atoms with E-state index in [1.54, 1.807) is 0 Å². The fraction of sp³-hybridized carbons (Fsp3) is 0.944. The van der Waals surface area contributed by atoms with Crippen molar-refractivity contribution in [3.63, 3.8) is 0 Å². The van der Waals surface area contributed by atoms with E-state index >= 15 is 0 Å². The Kier molecular flexibility index (Phi) is 31.9. The molecule has 0 aromatic rings. The number of nitrogens with one attached hydrogen (secondary N) is 1. The van der Waals surface area contributed by atoms with Crippen LogP contribution in [0.2, 0.25) is 0 Å². The van der Waals surface area contributed by atoms with E-state index < -0.39 is 0 Å². The maximum atomic E-state index is 13.4. The maximum Gasteiger partial charge on any atom is 0.236 e. The Bertz CT molecular complexity index is 575. The van der Waals surface area contributed by atoms with Gasteiger partial charge in [0, 0.05) is 32.7 Å². The van der Waals surface area contributed by atoms with E-state index in [1.165, 1.54) is 142 Å². The molecule has 6 heteroatoms. The average molecular weight is 595 g/mol. The molecule has 0 aromatic heterocycles. The molecule has 6 nitrogen and oxygen atoms in total. The summed E-state index contributed by atoms with van der Waals surface area (Å²) >= 11 is 0. The van der Waals surface area contributed by atoms with Gasteiger partial charge in [-0.25, -0.2) is 0 Å². The van der Waals surface area contributed by atoms with Crippen LogP contribution in [0.3, 0.4) is 0 Å². The third-order valence-electron chi connectivity index (χ3n) is 8.53. The summed E-state index contributed by atoms with van der Waals surface area (Å²) in [7, 11) is 0. The molecular weight excluding hydrogens is 520 g/mol. The highest BCUT2D eigenvalue weighted by Gasteiger charge is 2.18. The van der Waals surface area contributed by atoms with Crippen molar-refractivity contribution in [3.05, 3.63) is 0 Å². The lowest BCUT2D eigenvalue weighted by Crippen LogP contribution is -2.45. The number of carbonyl (C=O) groups excluding carboxylic acids is 2. The zero-order valence-corrected chi connectivity index (χ0v) is 28.9. The first-order valence-corrected chi connectivity index (χ1v) is 18.5. The second-order valence-corrected chi connectivity index (χ2v) is 12.6. The normalized spacial score (nSPS) is 11.5. The SMILES string of the molecule is CCCCCCCCCN(CCCCCCCC)CCN(CCCCCCCCC)CC(=O)N(CCC)CCNC=O. The number of hydrogen-bond acceptors (Lipinski definition) is 4. The summed E-state index contributed by atoms with van der Waals surface area (Å²) in [6.07, 6.45) is 28.3.